The normalized spacial score (nSPS) is 20.4. The number of nitrogens with zero attached hydrogens (tertiary/aromatic N) is 1. The number of benzene rings is 2. The van der Waals surface area contributed by atoms with Gasteiger partial charge >= 0.3 is 0 Å². The van der Waals surface area contributed by atoms with Gasteiger partial charge in [-0.1, -0.05) is 29.3 Å². The quantitative estimate of drug-likeness (QED) is 0.742. The van der Waals surface area contributed by atoms with Crippen LogP contribution in [0.2, 0.25) is 10.0 Å². The van der Waals surface area contributed by atoms with Gasteiger partial charge in [0.05, 0.1) is 27.9 Å². The van der Waals surface area contributed by atoms with Gasteiger partial charge in [-0.2, -0.15) is 4.31 Å². The van der Waals surface area contributed by atoms with E-state index in [1.165, 1.54) is 40.7 Å². The fraction of sp³-hybridized carbons (Fsp3) is 0.316. The minimum absolute atomic E-state index is 0.0118. The van der Waals surface area contributed by atoms with Crippen LogP contribution in [0, 0.1) is 5.82 Å². The van der Waals surface area contributed by atoms with Crippen molar-refractivity contribution in [2.45, 2.75) is 31.0 Å². The summed E-state index contributed by atoms with van der Waals surface area (Å²) in [6.07, 6.45) is -0.547. The Labute approximate surface area is 178 Å². The van der Waals surface area contributed by atoms with E-state index in [-0.39, 0.29) is 51.5 Å². The van der Waals surface area contributed by atoms with Crippen molar-refractivity contribution in [1.29, 1.82) is 0 Å². The summed E-state index contributed by atoms with van der Waals surface area (Å²) >= 11 is 11.9. The maximum Gasteiger partial charge on any atom is 0.255 e. The molecule has 2 aromatic carbocycles. The lowest BCUT2D eigenvalue weighted by molar-refractivity contribution is -0.0440. The van der Waals surface area contributed by atoms with Crippen LogP contribution in [-0.4, -0.2) is 43.9 Å². The number of anilines is 1. The molecule has 1 saturated heterocycles. The van der Waals surface area contributed by atoms with Crippen LogP contribution < -0.4 is 5.32 Å². The number of carbonyl (C=O) groups is 1. The summed E-state index contributed by atoms with van der Waals surface area (Å²) in [5.74, 6) is -1.47. The third kappa shape index (κ3) is 4.73. The van der Waals surface area contributed by atoms with E-state index in [1.807, 2.05) is 0 Å². The molecule has 6 nitrogen and oxygen atoms in total. The van der Waals surface area contributed by atoms with Gasteiger partial charge in [-0.05, 0) is 44.2 Å². The molecule has 1 amide bonds. The number of amides is 1. The molecule has 10 heteroatoms. The van der Waals surface area contributed by atoms with Crippen LogP contribution in [-0.2, 0) is 14.8 Å². The Morgan fingerprint density at radius 2 is 1.79 bits per heavy atom. The number of hydrogen-bond donors (Lipinski definition) is 1. The zero-order valence-corrected chi connectivity index (χ0v) is 18.0. The van der Waals surface area contributed by atoms with E-state index in [9.17, 15) is 17.6 Å². The predicted octanol–water partition coefficient (Wildman–Crippen LogP) is 4.18. The highest BCUT2D eigenvalue weighted by Crippen LogP contribution is 2.29. The molecule has 0 saturated carbocycles. The molecule has 1 N–H and O–H groups in total. The van der Waals surface area contributed by atoms with Crippen LogP contribution in [0.5, 0.6) is 0 Å². The highest BCUT2D eigenvalue weighted by molar-refractivity contribution is 7.89. The Bertz CT molecular complexity index is 1040. The van der Waals surface area contributed by atoms with Gasteiger partial charge in [0.2, 0.25) is 10.0 Å². The van der Waals surface area contributed by atoms with Gasteiger partial charge in [0.25, 0.3) is 5.91 Å². The number of ether oxygens (including phenoxy) is 1. The molecule has 0 aromatic heterocycles. The summed E-state index contributed by atoms with van der Waals surface area (Å²) in [4.78, 5) is 12.4. The van der Waals surface area contributed by atoms with E-state index in [4.69, 9.17) is 27.9 Å². The molecule has 0 bridgehead atoms. The van der Waals surface area contributed by atoms with Gasteiger partial charge in [0.1, 0.15) is 4.90 Å². The second-order valence-corrected chi connectivity index (χ2v) is 9.50. The molecular weight excluding hydrogens is 442 g/mol. The lowest BCUT2D eigenvalue weighted by atomic mass is 10.2. The highest BCUT2D eigenvalue weighted by atomic mass is 35.5. The largest absolute Gasteiger partial charge is 0.373 e. The second-order valence-electron chi connectivity index (χ2n) is 6.78. The SMILES string of the molecule is CC1CN(S(=O)(=O)c2cc(C(=O)Nc3cccc(Cl)c3F)ccc2Cl)CC(C)O1. The topological polar surface area (TPSA) is 75.7 Å². The molecular formula is C19H19Cl2FN2O4S. The highest BCUT2D eigenvalue weighted by Gasteiger charge is 2.34. The first-order valence-electron chi connectivity index (χ1n) is 8.80. The van der Waals surface area contributed by atoms with Crippen LogP contribution in [0.1, 0.15) is 24.2 Å². The smallest absolute Gasteiger partial charge is 0.255 e. The van der Waals surface area contributed by atoms with E-state index >= 15 is 0 Å². The first kappa shape index (κ1) is 22.0. The van der Waals surface area contributed by atoms with Crippen LogP contribution in [0.3, 0.4) is 0 Å². The Hall–Kier alpha value is -1.71. The van der Waals surface area contributed by atoms with Crippen molar-refractivity contribution < 1.29 is 22.3 Å². The Morgan fingerprint density at radius 1 is 1.14 bits per heavy atom. The minimum Gasteiger partial charge on any atom is -0.373 e. The van der Waals surface area contributed by atoms with Crippen LogP contribution in [0.25, 0.3) is 0 Å². The van der Waals surface area contributed by atoms with Crippen LogP contribution >= 0.6 is 23.2 Å². The molecule has 3 rings (SSSR count). The lowest BCUT2D eigenvalue weighted by Gasteiger charge is -2.34. The summed E-state index contributed by atoms with van der Waals surface area (Å²) in [6, 6.07) is 8.06. The van der Waals surface area contributed by atoms with Crippen LogP contribution in [0.4, 0.5) is 10.1 Å². The molecule has 0 aliphatic carbocycles. The molecule has 1 heterocycles. The zero-order valence-electron chi connectivity index (χ0n) is 15.7. The molecule has 156 valence electrons. The average molecular weight is 461 g/mol. The van der Waals surface area contributed by atoms with E-state index < -0.39 is 21.7 Å². The number of carbonyl (C=O) groups excluding carboxylic acids is 1. The molecule has 2 aromatic rings. The van der Waals surface area contributed by atoms with E-state index in [0.29, 0.717) is 0 Å². The van der Waals surface area contributed by atoms with Crippen molar-refractivity contribution >= 4 is 44.8 Å². The van der Waals surface area contributed by atoms with Crippen molar-refractivity contribution in [2.75, 3.05) is 18.4 Å². The number of halogens is 3. The zero-order chi connectivity index (χ0) is 21.3. The van der Waals surface area contributed by atoms with E-state index in [2.05, 4.69) is 5.32 Å². The first-order valence-corrected chi connectivity index (χ1v) is 11.0. The van der Waals surface area contributed by atoms with Crippen molar-refractivity contribution in [3.63, 3.8) is 0 Å². The van der Waals surface area contributed by atoms with Crippen LogP contribution in [0.15, 0.2) is 41.3 Å². The van der Waals surface area contributed by atoms with Crippen molar-refractivity contribution in [3.8, 4) is 0 Å². The molecule has 0 spiro atoms. The lowest BCUT2D eigenvalue weighted by Crippen LogP contribution is -2.48. The third-order valence-electron chi connectivity index (χ3n) is 4.40. The third-order valence-corrected chi connectivity index (χ3v) is 7.00. The molecule has 29 heavy (non-hydrogen) atoms. The summed E-state index contributed by atoms with van der Waals surface area (Å²) in [5.41, 5.74) is -0.0978. The Morgan fingerprint density at radius 3 is 2.45 bits per heavy atom. The number of morpholine rings is 1. The van der Waals surface area contributed by atoms with Gasteiger partial charge in [-0.25, -0.2) is 12.8 Å². The summed E-state index contributed by atoms with van der Waals surface area (Å²) in [7, 11) is -3.96. The maximum absolute atomic E-state index is 14.0. The monoisotopic (exact) mass is 460 g/mol. The number of nitrogens with one attached hydrogen (secondary N) is 1. The molecule has 1 fully saturated rings. The fourth-order valence-corrected chi connectivity index (χ4v) is 5.37. The van der Waals surface area contributed by atoms with Crippen molar-refractivity contribution in [3.05, 3.63) is 57.8 Å². The van der Waals surface area contributed by atoms with Gasteiger partial charge in [0.15, 0.2) is 5.82 Å². The average Bonchev–Trinajstić information content (AvgIpc) is 2.64. The standard InChI is InChI=1S/C19H19Cl2FN2O4S/c1-11-9-24(10-12(2)28-11)29(26,27)17-8-13(6-7-14(17)20)19(25)23-16-5-3-4-15(21)18(16)22/h3-8,11-12H,9-10H2,1-2H3,(H,23,25). The van der Waals surface area contributed by atoms with E-state index in [1.54, 1.807) is 13.8 Å². The van der Waals surface area contributed by atoms with Gasteiger partial charge in [-0.15, -0.1) is 0 Å². The number of rotatable bonds is 4. The molecule has 0 radical (unpaired) electrons. The number of hydrogen-bond acceptors (Lipinski definition) is 4. The second kappa shape index (κ2) is 8.57. The predicted molar refractivity (Wildman–Crippen MR) is 110 cm³/mol. The Balaban J connectivity index is 1.91. The van der Waals surface area contributed by atoms with Crippen molar-refractivity contribution in [2.24, 2.45) is 0 Å². The molecule has 1 aliphatic heterocycles. The minimum atomic E-state index is -3.96. The van der Waals surface area contributed by atoms with Crippen molar-refractivity contribution in [1.82, 2.24) is 4.31 Å². The summed E-state index contributed by atoms with van der Waals surface area (Å²) < 4.78 is 47.1. The fourth-order valence-electron chi connectivity index (χ4n) is 3.10. The van der Waals surface area contributed by atoms with Gasteiger partial charge in [0, 0.05) is 18.7 Å². The molecule has 1 aliphatic rings. The van der Waals surface area contributed by atoms with E-state index in [0.717, 1.165) is 0 Å². The molecule has 2 unspecified atom stereocenters. The number of sulfonamides is 1. The maximum atomic E-state index is 14.0. The van der Waals surface area contributed by atoms with Gasteiger partial charge < -0.3 is 10.1 Å². The summed E-state index contributed by atoms with van der Waals surface area (Å²) in [5, 5.41) is 2.24. The Kier molecular flexibility index (Phi) is 6.50. The molecule has 2 atom stereocenters. The van der Waals surface area contributed by atoms with Gasteiger partial charge in [-0.3, -0.25) is 4.79 Å². The first-order chi connectivity index (χ1) is 13.6. The summed E-state index contributed by atoms with van der Waals surface area (Å²) in [6.45, 7) is 3.91.